The Morgan fingerprint density at radius 1 is 1.30 bits per heavy atom. The molecule has 0 aliphatic heterocycles. The molecule has 1 N–H and O–H groups in total. The molecule has 0 atom stereocenters. The van der Waals surface area contributed by atoms with Crippen molar-refractivity contribution < 1.29 is 9.26 Å². The van der Waals surface area contributed by atoms with Crippen LogP contribution in [0.2, 0.25) is 5.02 Å². The normalized spacial score (nSPS) is 11.3. The van der Waals surface area contributed by atoms with Crippen LogP contribution in [-0.2, 0) is 0 Å². The molecule has 0 saturated carbocycles. The average Bonchev–Trinajstić information content (AvgIpc) is 2.92. The summed E-state index contributed by atoms with van der Waals surface area (Å²) >= 11 is 5.96. The topological polar surface area (TPSA) is 72.0 Å². The molecule has 0 unspecified atom stereocenters. The lowest BCUT2D eigenvalue weighted by molar-refractivity contribution is 0.404. The van der Waals surface area contributed by atoms with E-state index in [1.165, 1.54) is 6.21 Å². The lowest BCUT2D eigenvalue weighted by Crippen LogP contribution is -1.88. The number of aromatic nitrogens is 2. The van der Waals surface area contributed by atoms with Crippen LogP contribution in [0, 0.1) is 5.41 Å². The first-order valence-corrected chi connectivity index (χ1v) is 6.14. The number of allylic oxidation sites excluding steroid dienone is 3. The number of benzene rings is 1. The summed E-state index contributed by atoms with van der Waals surface area (Å²) in [5.74, 6) is 1.37. The van der Waals surface area contributed by atoms with E-state index in [-0.39, 0.29) is 0 Å². The zero-order chi connectivity index (χ0) is 14.4. The number of nitrogens with one attached hydrogen (secondary N) is 1. The van der Waals surface area contributed by atoms with Gasteiger partial charge >= 0.3 is 0 Å². The Bertz CT molecular complexity index is 662. The van der Waals surface area contributed by atoms with Gasteiger partial charge in [-0.25, -0.2) is 0 Å². The maximum absolute atomic E-state index is 6.85. The van der Waals surface area contributed by atoms with E-state index in [0.29, 0.717) is 28.1 Å². The molecule has 0 amide bonds. The summed E-state index contributed by atoms with van der Waals surface area (Å²) in [5.41, 5.74) is 0.641. The molecule has 0 bridgehead atoms. The maximum Gasteiger partial charge on any atom is 0.262 e. The van der Waals surface area contributed by atoms with Gasteiger partial charge in [-0.15, -0.1) is 0 Å². The van der Waals surface area contributed by atoms with Crippen LogP contribution in [-0.4, -0.2) is 23.5 Å². The molecule has 0 saturated heterocycles. The van der Waals surface area contributed by atoms with E-state index < -0.39 is 0 Å². The lowest BCUT2D eigenvalue weighted by Gasteiger charge is -2.04. The highest BCUT2D eigenvalue weighted by Crippen LogP contribution is 2.31. The fourth-order valence-corrected chi connectivity index (χ4v) is 1.69. The van der Waals surface area contributed by atoms with Gasteiger partial charge in [0.15, 0.2) is 5.82 Å². The van der Waals surface area contributed by atoms with Crippen LogP contribution in [0.4, 0.5) is 0 Å². The molecule has 5 nitrogen and oxygen atoms in total. The predicted molar refractivity (Wildman–Crippen MR) is 78.3 cm³/mol. The van der Waals surface area contributed by atoms with Gasteiger partial charge in [-0.2, -0.15) is 4.98 Å². The standard InChI is InChI=1S/C14H12ClN3O2/c1-19-12-7-6-10(15)9-11(12)14-17-13(18-20-14)5-3-2-4-8-16/h2-9,16H,1H3/b4-2-,5-3+,16-8?. The van der Waals surface area contributed by atoms with Gasteiger partial charge in [0, 0.05) is 11.2 Å². The Hall–Kier alpha value is -2.40. The molecule has 0 spiro atoms. The van der Waals surface area contributed by atoms with E-state index >= 15 is 0 Å². The minimum Gasteiger partial charge on any atom is -0.496 e. The Balaban J connectivity index is 2.28. The molecule has 20 heavy (non-hydrogen) atoms. The van der Waals surface area contributed by atoms with Crippen molar-refractivity contribution in [1.29, 1.82) is 5.41 Å². The quantitative estimate of drug-likeness (QED) is 0.674. The lowest BCUT2D eigenvalue weighted by atomic mass is 10.2. The van der Waals surface area contributed by atoms with Crippen LogP contribution in [0.25, 0.3) is 17.5 Å². The third kappa shape index (κ3) is 3.33. The second-order valence-electron chi connectivity index (χ2n) is 3.71. The molecule has 2 rings (SSSR count). The molecular weight excluding hydrogens is 278 g/mol. The van der Waals surface area contributed by atoms with Crippen LogP contribution >= 0.6 is 11.6 Å². The van der Waals surface area contributed by atoms with Crippen LogP contribution in [0.5, 0.6) is 5.75 Å². The number of halogens is 1. The smallest absolute Gasteiger partial charge is 0.262 e. The van der Waals surface area contributed by atoms with E-state index in [4.69, 9.17) is 26.3 Å². The Morgan fingerprint density at radius 3 is 2.90 bits per heavy atom. The first-order valence-electron chi connectivity index (χ1n) is 5.76. The van der Waals surface area contributed by atoms with Gasteiger partial charge in [0.05, 0.1) is 12.7 Å². The van der Waals surface area contributed by atoms with Gasteiger partial charge in [-0.1, -0.05) is 28.9 Å². The molecule has 1 aromatic heterocycles. The highest BCUT2D eigenvalue weighted by atomic mass is 35.5. The summed E-state index contributed by atoms with van der Waals surface area (Å²) < 4.78 is 10.4. The van der Waals surface area contributed by atoms with Crippen molar-refractivity contribution in [3.05, 3.63) is 47.3 Å². The van der Waals surface area contributed by atoms with Crippen molar-refractivity contribution in [3.63, 3.8) is 0 Å². The summed E-state index contributed by atoms with van der Waals surface area (Å²) in [7, 11) is 1.56. The van der Waals surface area contributed by atoms with E-state index in [0.717, 1.165) is 0 Å². The minimum atomic E-state index is 0.333. The van der Waals surface area contributed by atoms with Crippen LogP contribution in [0.1, 0.15) is 5.82 Å². The molecule has 1 aromatic carbocycles. The third-order valence-corrected chi connectivity index (χ3v) is 2.63. The van der Waals surface area contributed by atoms with Crippen molar-refractivity contribution in [2.75, 3.05) is 7.11 Å². The van der Waals surface area contributed by atoms with Crippen molar-refractivity contribution in [3.8, 4) is 17.2 Å². The minimum absolute atomic E-state index is 0.333. The molecule has 2 aromatic rings. The van der Waals surface area contributed by atoms with E-state index in [1.54, 1.807) is 49.6 Å². The second kappa shape index (κ2) is 6.68. The van der Waals surface area contributed by atoms with Gasteiger partial charge in [0.25, 0.3) is 5.89 Å². The Kier molecular flexibility index (Phi) is 4.68. The summed E-state index contributed by atoms with van der Waals surface area (Å²) in [6.45, 7) is 0. The molecule has 0 aliphatic carbocycles. The van der Waals surface area contributed by atoms with E-state index in [1.807, 2.05) is 0 Å². The fourth-order valence-electron chi connectivity index (χ4n) is 1.52. The number of methoxy groups -OCH3 is 1. The highest BCUT2D eigenvalue weighted by Gasteiger charge is 2.13. The molecule has 0 fully saturated rings. The Labute approximate surface area is 121 Å². The SMILES string of the molecule is COc1ccc(Cl)cc1-c1nc(/C=C/C=C\C=N)no1. The number of ether oxygens (including phenoxy) is 1. The van der Waals surface area contributed by atoms with Crippen LogP contribution in [0.3, 0.4) is 0 Å². The predicted octanol–water partition coefficient (Wildman–Crippen LogP) is 3.62. The van der Waals surface area contributed by atoms with Gasteiger partial charge in [-0.05, 0) is 30.4 Å². The van der Waals surface area contributed by atoms with Gasteiger partial charge in [0.2, 0.25) is 0 Å². The monoisotopic (exact) mass is 289 g/mol. The summed E-state index contributed by atoms with van der Waals surface area (Å²) in [4.78, 5) is 4.23. The summed E-state index contributed by atoms with van der Waals surface area (Å²) in [5, 5.41) is 11.2. The zero-order valence-electron chi connectivity index (χ0n) is 10.7. The Morgan fingerprint density at radius 2 is 2.15 bits per heavy atom. The largest absolute Gasteiger partial charge is 0.496 e. The molecule has 0 radical (unpaired) electrons. The van der Waals surface area contributed by atoms with Crippen molar-refractivity contribution in [1.82, 2.24) is 10.1 Å². The maximum atomic E-state index is 6.85. The second-order valence-corrected chi connectivity index (χ2v) is 4.15. The van der Waals surface area contributed by atoms with Gasteiger partial charge in [-0.3, -0.25) is 0 Å². The third-order valence-electron chi connectivity index (χ3n) is 2.40. The average molecular weight is 290 g/mol. The van der Waals surface area contributed by atoms with Gasteiger partial charge in [0.1, 0.15) is 5.75 Å². The molecule has 6 heteroatoms. The zero-order valence-corrected chi connectivity index (χ0v) is 11.5. The highest BCUT2D eigenvalue weighted by molar-refractivity contribution is 6.30. The number of nitrogens with zero attached hydrogens (tertiary/aromatic N) is 2. The molecule has 0 aliphatic rings. The van der Waals surface area contributed by atoms with Crippen LogP contribution in [0.15, 0.2) is 41.0 Å². The molecular formula is C14H12ClN3O2. The number of hydrogen-bond acceptors (Lipinski definition) is 5. The summed E-state index contributed by atoms with van der Waals surface area (Å²) in [6, 6.07) is 5.17. The van der Waals surface area contributed by atoms with E-state index in [9.17, 15) is 0 Å². The molecule has 1 heterocycles. The first kappa shape index (κ1) is 14.0. The first-order chi connectivity index (χ1) is 9.74. The number of rotatable bonds is 5. The summed E-state index contributed by atoms with van der Waals surface area (Å²) in [6.07, 6.45) is 7.85. The van der Waals surface area contributed by atoms with Crippen LogP contribution < -0.4 is 4.74 Å². The van der Waals surface area contributed by atoms with E-state index in [2.05, 4.69) is 10.1 Å². The number of hydrogen-bond donors (Lipinski definition) is 1. The fraction of sp³-hybridized carbons (Fsp3) is 0.0714. The molecule has 102 valence electrons. The van der Waals surface area contributed by atoms with Crippen molar-refractivity contribution >= 4 is 23.9 Å². The van der Waals surface area contributed by atoms with Crippen molar-refractivity contribution in [2.24, 2.45) is 0 Å². The van der Waals surface area contributed by atoms with Crippen molar-refractivity contribution in [2.45, 2.75) is 0 Å². The van der Waals surface area contributed by atoms with Gasteiger partial charge < -0.3 is 14.7 Å².